The third kappa shape index (κ3) is 2.87. The number of nitrogens with one attached hydrogen (secondary N) is 1. The van der Waals surface area contributed by atoms with Crippen LogP contribution in [0.3, 0.4) is 0 Å². The molecule has 1 aromatic carbocycles. The number of nitrogen functional groups attached to an aromatic ring is 1. The quantitative estimate of drug-likeness (QED) is 0.889. The Kier molecular flexibility index (Phi) is 3.49. The van der Waals surface area contributed by atoms with Gasteiger partial charge in [-0.15, -0.1) is 11.3 Å². The molecule has 0 saturated carbocycles. The molecule has 0 aliphatic heterocycles. The van der Waals surface area contributed by atoms with Crippen molar-refractivity contribution in [3.8, 4) is 0 Å². The van der Waals surface area contributed by atoms with Crippen LogP contribution in [0.25, 0.3) is 0 Å². The maximum Gasteiger partial charge on any atom is 0.265 e. The third-order valence-corrected chi connectivity index (χ3v) is 3.69. The molecule has 17 heavy (non-hydrogen) atoms. The summed E-state index contributed by atoms with van der Waals surface area (Å²) in [7, 11) is 0. The lowest BCUT2D eigenvalue weighted by Gasteiger charge is -2.07. The summed E-state index contributed by atoms with van der Waals surface area (Å²) >= 11 is 4.66. The summed E-state index contributed by atoms with van der Waals surface area (Å²) in [6.45, 7) is 1.95. The summed E-state index contributed by atoms with van der Waals surface area (Å²) in [6, 6.07) is 9.18. The molecule has 0 aliphatic rings. The number of nitrogens with two attached hydrogens (primary N) is 1. The molecule has 0 radical (unpaired) electrons. The van der Waals surface area contributed by atoms with E-state index in [0.29, 0.717) is 9.88 Å². The van der Waals surface area contributed by atoms with Gasteiger partial charge in [-0.25, -0.2) is 0 Å². The molecule has 88 valence electrons. The Labute approximate surface area is 112 Å². The van der Waals surface area contributed by atoms with Crippen LogP contribution in [0, 0.1) is 6.92 Å². The van der Waals surface area contributed by atoms with Crippen LogP contribution >= 0.6 is 27.3 Å². The van der Waals surface area contributed by atoms with Gasteiger partial charge in [0.15, 0.2) is 0 Å². The van der Waals surface area contributed by atoms with E-state index in [-0.39, 0.29) is 5.91 Å². The number of hydrogen-bond donors (Lipinski definition) is 2. The SMILES string of the molecule is Cc1cc(Br)ccc1NC(=O)c1ccc(N)s1. The Morgan fingerprint density at radius 1 is 1.35 bits per heavy atom. The van der Waals surface area contributed by atoms with Crippen LogP contribution in [-0.4, -0.2) is 5.91 Å². The summed E-state index contributed by atoms with van der Waals surface area (Å²) in [4.78, 5) is 12.5. The highest BCUT2D eigenvalue weighted by Crippen LogP contribution is 2.23. The van der Waals surface area contributed by atoms with Crippen LogP contribution < -0.4 is 11.1 Å². The minimum Gasteiger partial charge on any atom is -0.391 e. The molecule has 2 rings (SSSR count). The average molecular weight is 311 g/mol. The minimum atomic E-state index is -0.128. The zero-order valence-electron chi connectivity index (χ0n) is 9.16. The first kappa shape index (κ1) is 12.1. The minimum absolute atomic E-state index is 0.128. The fraction of sp³-hybridized carbons (Fsp3) is 0.0833. The van der Waals surface area contributed by atoms with Crippen molar-refractivity contribution in [2.24, 2.45) is 0 Å². The van der Waals surface area contributed by atoms with Gasteiger partial charge >= 0.3 is 0 Å². The van der Waals surface area contributed by atoms with Crippen molar-refractivity contribution in [3.05, 3.63) is 45.2 Å². The highest BCUT2D eigenvalue weighted by atomic mass is 79.9. The molecule has 0 aliphatic carbocycles. The van der Waals surface area contributed by atoms with E-state index in [1.54, 1.807) is 12.1 Å². The zero-order valence-corrected chi connectivity index (χ0v) is 11.6. The number of benzene rings is 1. The molecule has 0 saturated heterocycles. The van der Waals surface area contributed by atoms with Gasteiger partial charge in [0.1, 0.15) is 0 Å². The largest absolute Gasteiger partial charge is 0.391 e. The molecular weight excluding hydrogens is 300 g/mol. The molecule has 2 aromatic rings. The molecule has 1 amide bonds. The van der Waals surface area contributed by atoms with Gasteiger partial charge in [0.25, 0.3) is 5.91 Å². The first-order valence-electron chi connectivity index (χ1n) is 4.99. The van der Waals surface area contributed by atoms with Crippen LogP contribution in [0.2, 0.25) is 0 Å². The molecule has 0 fully saturated rings. The number of rotatable bonds is 2. The van der Waals surface area contributed by atoms with Gasteiger partial charge in [0.05, 0.1) is 9.88 Å². The Balaban J connectivity index is 2.18. The molecule has 0 spiro atoms. The summed E-state index contributed by atoms with van der Waals surface area (Å²) in [5.41, 5.74) is 7.41. The average Bonchev–Trinajstić information content (AvgIpc) is 2.69. The number of carbonyl (C=O) groups excluding carboxylic acids is 1. The number of carbonyl (C=O) groups is 1. The summed E-state index contributed by atoms with van der Waals surface area (Å²) in [6.07, 6.45) is 0. The van der Waals surface area contributed by atoms with Crippen molar-refractivity contribution >= 4 is 43.9 Å². The van der Waals surface area contributed by atoms with Gasteiger partial charge in [0.2, 0.25) is 0 Å². The van der Waals surface area contributed by atoms with Crippen molar-refractivity contribution in [2.45, 2.75) is 6.92 Å². The predicted molar refractivity (Wildman–Crippen MR) is 75.6 cm³/mol. The van der Waals surface area contributed by atoms with Crippen molar-refractivity contribution in [3.63, 3.8) is 0 Å². The van der Waals surface area contributed by atoms with Crippen LogP contribution in [0.5, 0.6) is 0 Å². The van der Waals surface area contributed by atoms with Gasteiger partial charge in [-0.3, -0.25) is 4.79 Å². The topological polar surface area (TPSA) is 55.1 Å². The maximum absolute atomic E-state index is 11.9. The fourth-order valence-corrected chi connectivity index (χ4v) is 2.57. The molecule has 1 aromatic heterocycles. The second-order valence-corrected chi connectivity index (χ2v) is 5.65. The number of amides is 1. The van der Waals surface area contributed by atoms with E-state index in [1.165, 1.54) is 11.3 Å². The normalized spacial score (nSPS) is 10.2. The number of hydrogen-bond acceptors (Lipinski definition) is 3. The van der Waals surface area contributed by atoms with E-state index in [1.807, 2.05) is 25.1 Å². The second kappa shape index (κ2) is 4.89. The van der Waals surface area contributed by atoms with Gasteiger partial charge < -0.3 is 11.1 Å². The predicted octanol–water partition coefficient (Wildman–Crippen LogP) is 3.65. The molecular formula is C12H11BrN2OS. The van der Waals surface area contributed by atoms with Crippen LogP contribution in [-0.2, 0) is 0 Å². The van der Waals surface area contributed by atoms with Crippen LogP contribution in [0.15, 0.2) is 34.8 Å². The van der Waals surface area contributed by atoms with Crippen molar-refractivity contribution in [1.82, 2.24) is 0 Å². The molecule has 5 heteroatoms. The van der Waals surface area contributed by atoms with Crippen molar-refractivity contribution in [2.75, 3.05) is 11.1 Å². The highest BCUT2D eigenvalue weighted by molar-refractivity contribution is 9.10. The standard InChI is InChI=1S/C12H11BrN2OS/c1-7-6-8(13)2-3-9(7)15-12(16)10-4-5-11(14)17-10/h2-6H,14H2,1H3,(H,15,16). The third-order valence-electron chi connectivity index (χ3n) is 2.29. The Morgan fingerprint density at radius 3 is 2.71 bits per heavy atom. The highest BCUT2D eigenvalue weighted by Gasteiger charge is 2.09. The number of halogens is 1. The maximum atomic E-state index is 11.9. The van der Waals surface area contributed by atoms with E-state index in [0.717, 1.165) is 15.7 Å². The zero-order chi connectivity index (χ0) is 12.4. The van der Waals surface area contributed by atoms with Crippen molar-refractivity contribution in [1.29, 1.82) is 0 Å². The van der Waals surface area contributed by atoms with Crippen LogP contribution in [0.4, 0.5) is 10.7 Å². The molecule has 3 N–H and O–H groups in total. The molecule has 0 bridgehead atoms. The van der Waals surface area contributed by atoms with E-state index in [2.05, 4.69) is 21.2 Å². The lowest BCUT2D eigenvalue weighted by atomic mass is 10.2. The Morgan fingerprint density at radius 2 is 2.12 bits per heavy atom. The molecule has 1 heterocycles. The lowest BCUT2D eigenvalue weighted by molar-refractivity contribution is 0.103. The monoisotopic (exact) mass is 310 g/mol. The van der Waals surface area contributed by atoms with E-state index in [9.17, 15) is 4.79 Å². The molecule has 3 nitrogen and oxygen atoms in total. The summed E-state index contributed by atoms with van der Waals surface area (Å²) < 4.78 is 0.994. The van der Waals surface area contributed by atoms with E-state index in [4.69, 9.17) is 5.73 Å². The smallest absolute Gasteiger partial charge is 0.265 e. The van der Waals surface area contributed by atoms with Gasteiger partial charge in [-0.2, -0.15) is 0 Å². The number of aryl methyl sites for hydroxylation is 1. The van der Waals surface area contributed by atoms with Crippen molar-refractivity contribution < 1.29 is 4.79 Å². The van der Waals surface area contributed by atoms with Gasteiger partial charge in [-0.05, 0) is 42.8 Å². The van der Waals surface area contributed by atoms with Gasteiger partial charge in [0, 0.05) is 10.2 Å². The molecule has 0 atom stereocenters. The van der Waals surface area contributed by atoms with Gasteiger partial charge in [-0.1, -0.05) is 15.9 Å². The number of thiophene rings is 1. The summed E-state index contributed by atoms with van der Waals surface area (Å²) in [5, 5.41) is 3.50. The first-order valence-corrected chi connectivity index (χ1v) is 6.60. The molecule has 0 unspecified atom stereocenters. The fourth-order valence-electron chi connectivity index (χ4n) is 1.43. The summed E-state index contributed by atoms with van der Waals surface area (Å²) in [5.74, 6) is -0.128. The second-order valence-electron chi connectivity index (χ2n) is 3.62. The first-order chi connectivity index (χ1) is 8.06. The lowest BCUT2D eigenvalue weighted by Crippen LogP contribution is -2.10. The van der Waals surface area contributed by atoms with E-state index >= 15 is 0 Å². The van der Waals surface area contributed by atoms with E-state index < -0.39 is 0 Å². The Hall–Kier alpha value is -1.33. The van der Waals surface area contributed by atoms with Crippen LogP contribution in [0.1, 0.15) is 15.2 Å². The number of anilines is 2. The Bertz CT molecular complexity index is 565.